The number of benzene rings is 3. The van der Waals surface area contributed by atoms with Gasteiger partial charge in [-0.25, -0.2) is 8.42 Å². The van der Waals surface area contributed by atoms with Crippen LogP contribution in [0.4, 0.5) is 5.69 Å². The SMILES string of the molecule is CCN(CC(=O)Nc1cccc2ccccc12)S(=O)(=O)c1ccccc1. The maximum atomic E-state index is 12.7. The molecule has 0 aliphatic heterocycles. The first-order chi connectivity index (χ1) is 12.5. The van der Waals surface area contributed by atoms with Gasteiger partial charge in [-0.15, -0.1) is 0 Å². The number of nitrogens with one attached hydrogen (secondary N) is 1. The lowest BCUT2D eigenvalue weighted by Crippen LogP contribution is -2.37. The third kappa shape index (κ3) is 3.76. The van der Waals surface area contributed by atoms with Crippen LogP contribution in [0, 0.1) is 0 Å². The molecule has 0 radical (unpaired) electrons. The first kappa shape index (κ1) is 18.1. The number of fused-ring (bicyclic) bond motifs is 1. The highest BCUT2D eigenvalue weighted by molar-refractivity contribution is 7.89. The molecule has 0 heterocycles. The molecule has 6 heteroatoms. The number of rotatable bonds is 6. The third-order valence-electron chi connectivity index (χ3n) is 4.12. The van der Waals surface area contributed by atoms with E-state index < -0.39 is 10.0 Å². The van der Waals surface area contributed by atoms with Crippen LogP contribution in [0.15, 0.2) is 77.7 Å². The zero-order valence-corrected chi connectivity index (χ0v) is 15.2. The largest absolute Gasteiger partial charge is 0.324 e. The lowest BCUT2D eigenvalue weighted by Gasteiger charge is -2.20. The van der Waals surface area contributed by atoms with Gasteiger partial charge in [0.1, 0.15) is 0 Å². The first-order valence-corrected chi connectivity index (χ1v) is 9.79. The summed E-state index contributed by atoms with van der Waals surface area (Å²) in [5.74, 6) is -0.372. The van der Waals surface area contributed by atoms with Gasteiger partial charge in [0.05, 0.1) is 11.4 Å². The van der Waals surface area contributed by atoms with Crippen LogP contribution in [0.2, 0.25) is 0 Å². The summed E-state index contributed by atoms with van der Waals surface area (Å²) in [6.07, 6.45) is 0. The van der Waals surface area contributed by atoms with Crippen molar-refractivity contribution in [1.29, 1.82) is 0 Å². The van der Waals surface area contributed by atoms with Crippen LogP contribution in [-0.2, 0) is 14.8 Å². The highest BCUT2D eigenvalue weighted by atomic mass is 32.2. The molecule has 0 spiro atoms. The molecule has 0 unspecified atom stereocenters. The monoisotopic (exact) mass is 368 g/mol. The molecule has 0 bridgehead atoms. The van der Waals surface area contributed by atoms with Crippen molar-refractivity contribution in [2.24, 2.45) is 0 Å². The van der Waals surface area contributed by atoms with E-state index in [9.17, 15) is 13.2 Å². The smallest absolute Gasteiger partial charge is 0.243 e. The molecular weight excluding hydrogens is 348 g/mol. The second kappa shape index (κ2) is 7.68. The highest BCUT2D eigenvalue weighted by Gasteiger charge is 2.25. The first-order valence-electron chi connectivity index (χ1n) is 8.35. The van der Waals surface area contributed by atoms with Crippen LogP contribution in [0.3, 0.4) is 0 Å². The zero-order valence-electron chi connectivity index (χ0n) is 14.4. The summed E-state index contributed by atoms with van der Waals surface area (Å²) in [5.41, 5.74) is 0.668. The molecule has 0 aromatic heterocycles. The van der Waals surface area contributed by atoms with Gasteiger partial charge in [0.15, 0.2) is 0 Å². The summed E-state index contributed by atoms with van der Waals surface area (Å²) in [5, 5.41) is 4.75. The summed E-state index contributed by atoms with van der Waals surface area (Å²) in [6.45, 7) is 1.68. The summed E-state index contributed by atoms with van der Waals surface area (Å²) in [7, 11) is -3.71. The van der Waals surface area contributed by atoms with Crippen LogP contribution < -0.4 is 5.32 Å². The van der Waals surface area contributed by atoms with Crippen molar-refractivity contribution in [1.82, 2.24) is 4.31 Å². The zero-order chi connectivity index (χ0) is 18.6. The molecule has 0 aliphatic carbocycles. The Morgan fingerprint density at radius 3 is 2.31 bits per heavy atom. The Balaban J connectivity index is 1.80. The van der Waals surface area contributed by atoms with E-state index in [1.165, 1.54) is 16.4 Å². The van der Waals surface area contributed by atoms with E-state index in [-0.39, 0.29) is 23.9 Å². The van der Waals surface area contributed by atoms with Crippen LogP contribution in [0.25, 0.3) is 10.8 Å². The molecule has 3 aromatic carbocycles. The number of sulfonamides is 1. The summed E-state index contributed by atoms with van der Waals surface area (Å²) in [6, 6.07) is 21.5. The molecular formula is C20H20N2O3S. The lowest BCUT2D eigenvalue weighted by atomic mass is 10.1. The van der Waals surface area contributed by atoms with Crippen molar-refractivity contribution in [3.63, 3.8) is 0 Å². The van der Waals surface area contributed by atoms with Gasteiger partial charge in [0.25, 0.3) is 0 Å². The van der Waals surface area contributed by atoms with E-state index >= 15 is 0 Å². The van der Waals surface area contributed by atoms with Crippen molar-refractivity contribution >= 4 is 32.4 Å². The van der Waals surface area contributed by atoms with E-state index in [4.69, 9.17) is 0 Å². The molecule has 0 fully saturated rings. The second-order valence-electron chi connectivity index (χ2n) is 5.82. The highest BCUT2D eigenvalue weighted by Crippen LogP contribution is 2.23. The topological polar surface area (TPSA) is 66.5 Å². The number of amides is 1. The van der Waals surface area contributed by atoms with E-state index in [2.05, 4.69) is 5.32 Å². The second-order valence-corrected chi connectivity index (χ2v) is 7.76. The quantitative estimate of drug-likeness (QED) is 0.724. The number of carbonyl (C=O) groups excluding carboxylic acids is 1. The minimum atomic E-state index is -3.71. The van der Waals surface area contributed by atoms with E-state index in [1.807, 2.05) is 42.5 Å². The van der Waals surface area contributed by atoms with Crippen molar-refractivity contribution in [2.75, 3.05) is 18.4 Å². The molecule has 3 rings (SSSR count). The fraction of sp³-hybridized carbons (Fsp3) is 0.150. The molecule has 5 nitrogen and oxygen atoms in total. The summed E-state index contributed by atoms with van der Waals surface area (Å²) < 4.78 is 26.6. The van der Waals surface area contributed by atoms with Gasteiger partial charge in [0.2, 0.25) is 15.9 Å². The number of hydrogen-bond acceptors (Lipinski definition) is 3. The van der Waals surface area contributed by atoms with Gasteiger partial charge in [0, 0.05) is 17.6 Å². The Kier molecular flexibility index (Phi) is 5.35. The van der Waals surface area contributed by atoms with Crippen LogP contribution in [-0.4, -0.2) is 31.7 Å². The molecule has 134 valence electrons. The Morgan fingerprint density at radius 2 is 1.58 bits per heavy atom. The molecule has 3 aromatic rings. The molecule has 0 atom stereocenters. The summed E-state index contributed by atoms with van der Waals surface area (Å²) in [4.78, 5) is 12.7. The van der Waals surface area contributed by atoms with Gasteiger partial charge >= 0.3 is 0 Å². The van der Waals surface area contributed by atoms with Gasteiger partial charge in [-0.3, -0.25) is 4.79 Å². The Hall–Kier alpha value is -2.70. The molecule has 0 aliphatic rings. The predicted octanol–water partition coefficient (Wildman–Crippen LogP) is 3.49. The fourth-order valence-electron chi connectivity index (χ4n) is 2.79. The van der Waals surface area contributed by atoms with Gasteiger partial charge < -0.3 is 5.32 Å². The van der Waals surface area contributed by atoms with Crippen molar-refractivity contribution < 1.29 is 13.2 Å². The van der Waals surface area contributed by atoms with E-state index in [0.717, 1.165) is 10.8 Å². The van der Waals surface area contributed by atoms with Crippen LogP contribution in [0.5, 0.6) is 0 Å². The van der Waals surface area contributed by atoms with Gasteiger partial charge in [-0.2, -0.15) is 4.31 Å². The fourth-order valence-corrected chi connectivity index (χ4v) is 4.22. The number of anilines is 1. The third-order valence-corrected chi connectivity index (χ3v) is 6.05. The Bertz CT molecular complexity index is 1010. The molecule has 1 amide bonds. The summed E-state index contributed by atoms with van der Waals surface area (Å²) >= 11 is 0. The minimum absolute atomic E-state index is 0.180. The van der Waals surface area contributed by atoms with Crippen LogP contribution in [0.1, 0.15) is 6.92 Å². The van der Waals surface area contributed by atoms with Crippen molar-refractivity contribution in [3.05, 3.63) is 72.8 Å². The lowest BCUT2D eigenvalue weighted by molar-refractivity contribution is -0.116. The number of hydrogen-bond donors (Lipinski definition) is 1. The number of nitrogens with zero attached hydrogens (tertiary/aromatic N) is 1. The average Bonchev–Trinajstić information content (AvgIpc) is 2.67. The van der Waals surface area contributed by atoms with E-state index in [0.29, 0.717) is 5.69 Å². The molecule has 0 saturated heterocycles. The number of carbonyl (C=O) groups is 1. The molecule has 1 N–H and O–H groups in total. The Labute approximate surface area is 153 Å². The maximum absolute atomic E-state index is 12.7. The number of likely N-dealkylation sites (N-methyl/N-ethyl adjacent to an activating group) is 1. The van der Waals surface area contributed by atoms with Crippen molar-refractivity contribution in [2.45, 2.75) is 11.8 Å². The molecule has 26 heavy (non-hydrogen) atoms. The minimum Gasteiger partial charge on any atom is -0.324 e. The van der Waals surface area contributed by atoms with Gasteiger partial charge in [-0.05, 0) is 23.6 Å². The average molecular weight is 368 g/mol. The van der Waals surface area contributed by atoms with Gasteiger partial charge in [-0.1, -0.05) is 61.5 Å². The maximum Gasteiger partial charge on any atom is 0.243 e. The van der Waals surface area contributed by atoms with Crippen LogP contribution >= 0.6 is 0 Å². The Morgan fingerprint density at radius 1 is 0.923 bits per heavy atom. The van der Waals surface area contributed by atoms with Crippen molar-refractivity contribution in [3.8, 4) is 0 Å². The standard InChI is InChI=1S/C20H20N2O3S/c1-2-22(26(24,25)17-11-4-3-5-12-17)15-20(23)21-19-14-8-10-16-9-6-7-13-18(16)19/h3-14H,2,15H2,1H3,(H,21,23). The van der Waals surface area contributed by atoms with E-state index in [1.54, 1.807) is 25.1 Å². The molecule has 0 saturated carbocycles. The predicted molar refractivity (Wildman–Crippen MR) is 103 cm³/mol. The normalized spacial score (nSPS) is 11.6.